The van der Waals surface area contributed by atoms with Gasteiger partial charge in [-0.15, -0.1) is 0 Å². The van der Waals surface area contributed by atoms with E-state index in [-0.39, 0.29) is 17.2 Å². The van der Waals surface area contributed by atoms with Crippen LogP contribution >= 0.6 is 0 Å². The number of piperidine rings is 2. The van der Waals surface area contributed by atoms with Gasteiger partial charge < -0.3 is 15.5 Å². The normalized spacial score (nSPS) is 26.2. The molecule has 0 bridgehead atoms. The third-order valence-electron chi connectivity index (χ3n) is 6.50. The Morgan fingerprint density at radius 1 is 1.15 bits per heavy atom. The Balaban J connectivity index is 1.49. The summed E-state index contributed by atoms with van der Waals surface area (Å²) in [6.45, 7) is 3.69. The molecule has 2 N–H and O–H groups in total. The van der Waals surface area contributed by atoms with Gasteiger partial charge in [0.25, 0.3) is 0 Å². The highest BCUT2D eigenvalue weighted by molar-refractivity contribution is 5.85. The molecule has 4 rings (SSSR count). The number of primary amides is 1. The molecule has 0 radical (unpaired) electrons. The Bertz CT molecular complexity index is 663. The van der Waals surface area contributed by atoms with Crippen LogP contribution in [0.15, 0.2) is 30.3 Å². The predicted molar refractivity (Wildman–Crippen MR) is 100 cm³/mol. The molecule has 0 aromatic heterocycles. The summed E-state index contributed by atoms with van der Waals surface area (Å²) in [5.41, 5.74) is 6.68. The molecular weight excluding hydrogens is 326 g/mol. The van der Waals surface area contributed by atoms with Crippen molar-refractivity contribution in [1.82, 2.24) is 9.80 Å². The highest BCUT2D eigenvalue weighted by Crippen LogP contribution is 2.48. The van der Waals surface area contributed by atoms with E-state index in [0.717, 1.165) is 58.3 Å². The minimum absolute atomic E-state index is 0.00252. The summed E-state index contributed by atoms with van der Waals surface area (Å²) < 4.78 is 0. The minimum atomic E-state index is -0.224. The summed E-state index contributed by atoms with van der Waals surface area (Å²) in [5.74, 6) is 0.112. The molecule has 3 aliphatic rings. The summed E-state index contributed by atoms with van der Waals surface area (Å²) in [5, 5.41) is 0. The maximum absolute atomic E-state index is 13.1. The van der Waals surface area contributed by atoms with E-state index in [1.54, 1.807) is 0 Å². The summed E-state index contributed by atoms with van der Waals surface area (Å²) in [6.07, 6.45) is 5.92. The van der Waals surface area contributed by atoms with Gasteiger partial charge in [0.2, 0.25) is 11.8 Å². The van der Waals surface area contributed by atoms with Crippen molar-refractivity contribution in [3.05, 3.63) is 35.9 Å². The molecular formula is C21H29N3O2. The molecule has 5 nitrogen and oxygen atoms in total. The van der Waals surface area contributed by atoms with Crippen molar-refractivity contribution in [3.8, 4) is 0 Å². The zero-order valence-corrected chi connectivity index (χ0v) is 15.4. The standard InChI is InChI=1S/C21H29N3O2/c22-19(25)8-11-23-12-9-21(10-13-23)14-18(16-4-2-1-3-5-16)20(26)24(15-21)17-6-7-17/h1-5,17-18H,6-15H2,(H2,22,25). The molecule has 3 fully saturated rings. The van der Waals surface area contributed by atoms with Crippen LogP contribution in [-0.4, -0.2) is 53.8 Å². The molecule has 5 heteroatoms. The maximum Gasteiger partial charge on any atom is 0.230 e. The summed E-state index contributed by atoms with van der Waals surface area (Å²) >= 11 is 0. The van der Waals surface area contributed by atoms with E-state index in [1.807, 2.05) is 18.2 Å². The molecule has 1 aliphatic carbocycles. The summed E-state index contributed by atoms with van der Waals surface area (Å²) in [6, 6.07) is 10.8. The number of carbonyl (C=O) groups is 2. The van der Waals surface area contributed by atoms with Gasteiger partial charge in [0.1, 0.15) is 0 Å². The first-order valence-electron chi connectivity index (χ1n) is 9.92. The van der Waals surface area contributed by atoms with Crippen LogP contribution < -0.4 is 5.73 Å². The average molecular weight is 355 g/mol. The number of carbonyl (C=O) groups excluding carboxylic acids is 2. The van der Waals surface area contributed by atoms with Crippen molar-refractivity contribution >= 4 is 11.8 Å². The lowest BCUT2D eigenvalue weighted by atomic mass is 9.67. The molecule has 2 saturated heterocycles. The highest BCUT2D eigenvalue weighted by atomic mass is 16.2. The first-order valence-corrected chi connectivity index (χ1v) is 9.92. The fourth-order valence-electron chi connectivity index (χ4n) is 4.75. The smallest absolute Gasteiger partial charge is 0.230 e. The molecule has 2 amide bonds. The van der Waals surface area contributed by atoms with Crippen molar-refractivity contribution in [2.75, 3.05) is 26.2 Å². The summed E-state index contributed by atoms with van der Waals surface area (Å²) in [4.78, 5) is 28.7. The lowest BCUT2D eigenvalue weighted by molar-refractivity contribution is -0.142. The number of hydrogen-bond donors (Lipinski definition) is 1. The van der Waals surface area contributed by atoms with Gasteiger partial charge in [0.05, 0.1) is 5.92 Å². The van der Waals surface area contributed by atoms with Crippen molar-refractivity contribution in [3.63, 3.8) is 0 Å². The number of hydrogen-bond acceptors (Lipinski definition) is 3. The van der Waals surface area contributed by atoms with Gasteiger partial charge in [0, 0.05) is 25.6 Å². The Hall–Kier alpha value is -1.88. The van der Waals surface area contributed by atoms with Crippen LogP contribution in [0.1, 0.15) is 50.0 Å². The van der Waals surface area contributed by atoms with Gasteiger partial charge in [-0.1, -0.05) is 30.3 Å². The van der Waals surface area contributed by atoms with Crippen molar-refractivity contribution in [2.24, 2.45) is 11.1 Å². The Morgan fingerprint density at radius 3 is 2.46 bits per heavy atom. The molecule has 26 heavy (non-hydrogen) atoms. The topological polar surface area (TPSA) is 66.6 Å². The van der Waals surface area contributed by atoms with Crippen molar-refractivity contribution in [2.45, 2.75) is 50.5 Å². The predicted octanol–water partition coefficient (Wildman–Crippen LogP) is 2.12. The molecule has 1 aromatic carbocycles. The van der Waals surface area contributed by atoms with Crippen molar-refractivity contribution < 1.29 is 9.59 Å². The minimum Gasteiger partial charge on any atom is -0.370 e. The van der Waals surface area contributed by atoms with E-state index in [4.69, 9.17) is 5.73 Å². The third-order valence-corrected chi connectivity index (χ3v) is 6.50. The molecule has 1 atom stereocenters. The van der Waals surface area contributed by atoms with Gasteiger partial charge >= 0.3 is 0 Å². The van der Waals surface area contributed by atoms with Gasteiger partial charge in [-0.3, -0.25) is 9.59 Å². The van der Waals surface area contributed by atoms with E-state index in [9.17, 15) is 9.59 Å². The number of nitrogens with zero attached hydrogens (tertiary/aromatic N) is 2. The lowest BCUT2D eigenvalue weighted by Crippen LogP contribution is -2.54. The summed E-state index contributed by atoms with van der Waals surface area (Å²) in [7, 11) is 0. The molecule has 140 valence electrons. The fraction of sp³-hybridized carbons (Fsp3) is 0.619. The number of rotatable bonds is 5. The van der Waals surface area contributed by atoms with Gasteiger partial charge in [-0.05, 0) is 56.2 Å². The van der Waals surface area contributed by atoms with Crippen LogP contribution in [0, 0.1) is 5.41 Å². The Kier molecular flexibility index (Phi) is 4.74. The first kappa shape index (κ1) is 17.5. The van der Waals surface area contributed by atoms with Crippen LogP contribution in [0.4, 0.5) is 0 Å². The zero-order chi connectivity index (χ0) is 18.1. The molecule has 1 aromatic rings. The molecule has 1 saturated carbocycles. The van der Waals surface area contributed by atoms with Crippen LogP contribution in [-0.2, 0) is 9.59 Å². The molecule has 2 aliphatic heterocycles. The Morgan fingerprint density at radius 2 is 1.85 bits per heavy atom. The van der Waals surface area contributed by atoms with Crippen LogP contribution in [0.5, 0.6) is 0 Å². The monoisotopic (exact) mass is 355 g/mol. The fourth-order valence-corrected chi connectivity index (χ4v) is 4.75. The Labute approximate surface area is 155 Å². The molecule has 1 spiro atoms. The van der Waals surface area contributed by atoms with Crippen LogP contribution in [0.25, 0.3) is 0 Å². The van der Waals surface area contributed by atoms with Gasteiger partial charge in [-0.2, -0.15) is 0 Å². The van der Waals surface area contributed by atoms with Crippen LogP contribution in [0.3, 0.4) is 0 Å². The van der Waals surface area contributed by atoms with E-state index in [2.05, 4.69) is 21.9 Å². The third kappa shape index (κ3) is 3.63. The van der Waals surface area contributed by atoms with Gasteiger partial charge in [-0.25, -0.2) is 0 Å². The van der Waals surface area contributed by atoms with E-state index in [1.165, 1.54) is 5.56 Å². The second kappa shape index (κ2) is 7.03. The second-order valence-electron chi connectivity index (χ2n) is 8.42. The quantitative estimate of drug-likeness (QED) is 0.880. The van der Waals surface area contributed by atoms with E-state index < -0.39 is 0 Å². The van der Waals surface area contributed by atoms with Crippen molar-refractivity contribution in [1.29, 1.82) is 0 Å². The number of nitrogens with two attached hydrogens (primary N) is 1. The first-order chi connectivity index (χ1) is 12.6. The van der Waals surface area contributed by atoms with E-state index in [0.29, 0.717) is 18.4 Å². The number of likely N-dealkylation sites (tertiary alicyclic amines) is 2. The van der Waals surface area contributed by atoms with Crippen LogP contribution in [0.2, 0.25) is 0 Å². The molecule has 1 unspecified atom stereocenters. The SMILES string of the molecule is NC(=O)CCN1CCC2(CC1)CC(c1ccccc1)C(=O)N(C1CC1)C2. The second-order valence-corrected chi connectivity index (χ2v) is 8.42. The molecule has 2 heterocycles. The number of benzene rings is 1. The van der Waals surface area contributed by atoms with Gasteiger partial charge in [0.15, 0.2) is 0 Å². The number of amides is 2. The van der Waals surface area contributed by atoms with E-state index >= 15 is 0 Å². The lowest BCUT2D eigenvalue weighted by Gasteiger charge is -2.50. The maximum atomic E-state index is 13.1. The zero-order valence-electron chi connectivity index (χ0n) is 15.4. The average Bonchev–Trinajstić information content (AvgIpc) is 3.49. The highest BCUT2D eigenvalue weighted by Gasteiger charge is 2.49. The largest absolute Gasteiger partial charge is 0.370 e.